The van der Waals surface area contributed by atoms with E-state index in [1.165, 1.54) is 11.3 Å². The highest BCUT2D eigenvalue weighted by atomic mass is 32.1. The first-order chi connectivity index (χ1) is 12.8. The van der Waals surface area contributed by atoms with Gasteiger partial charge in [-0.25, -0.2) is 4.98 Å². The Morgan fingerprint density at radius 1 is 1.30 bits per heavy atom. The van der Waals surface area contributed by atoms with Crippen LogP contribution in [0.5, 0.6) is 0 Å². The first-order valence-electron chi connectivity index (χ1n) is 8.91. The Kier molecular flexibility index (Phi) is 5.70. The molecule has 1 saturated heterocycles. The van der Waals surface area contributed by atoms with Crippen LogP contribution in [0.15, 0.2) is 23.6 Å². The van der Waals surface area contributed by atoms with E-state index in [9.17, 15) is 14.4 Å². The van der Waals surface area contributed by atoms with Crippen molar-refractivity contribution in [1.29, 1.82) is 0 Å². The Bertz CT molecular complexity index is 890. The number of anilines is 1. The van der Waals surface area contributed by atoms with Gasteiger partial charge in [-0.3, -0.25) is 19.3 Å². The molecule has 1 amide bonds. The Morgan fingerprint density at radius 2 is 2.07 bits per heavy atom. The van der Waals surface area contributed by atoms with Crippen molar-refractivity contribution >= 4 is 34.1 Å². The molecule has 1 aliphatic heterocycles. The zero-order valence-electron chi connectivity index (χ0n) is 15.7. The molecule has 1 aromatic heterocycles. The van der Waals surface area contributed by atoms with E-state index in [1.807, 2.05) is 26.0 Å². The lowest BCUT2D eigenvalue weighted by atomic mass is 10.0. The summed E-state index contributed by atoms with van der Waals surface area (Å²) in [6.07, 6.45) is 0.476. The first kappa shape index (κ1) is 19.2. The molecule has 142 valence electrons. The van der Waals surface area contributed by atoms with E-state index in [1.54, 1.807) is 23.3 Å². The third-order valence-electron chi connectivity index (χ3n) is 4.64. The molecule has 2 heterocycles. The van der Waals surface area contributed by atoms with Gasteiger partial charge in [-0.05, 0) is 44.4 Å². The maximum absolute atomic E-state index is 12.5. The second kappa shape index (κ2) is 8.00. The van der Waals surface area contributed by atoms with Gasteiger partial charge in [0.15, 0.2) is 11.2 Å². The highest BCUT2D eigenvalue weighted by molar-refractivity contribution is 7.14. The summed E-state index contributed by atoms with van der Waals surface area (Å²) in [5.74, 6) is -0.677. The van der Waals surface area contributed by atoms with Crippen LogP contribution in [0.4, 0.5) is 5.13 Å². The number of ether oxygens (including phenoxy) is 1. The fourth-order valence-corrected chi connectivity index (χ4v) is 3.79. The predicted molar refractivity (Wildman–Crippen MR) is 103 cm³/mol. The second-order valence-electron chi connectivity index (χ2n) is 6.74. The predicted octanol–water partition coefficient (Wildman–Crippen LogP) is 3.24. The number of Topliss-reactive ketones (excluding diaryl/α,β-unsaturated/α-hetero) is 1. The average molecular weight is 386 g/mol. The molecule has 6 nitrogen and oxygen atoms in total. The van der Waals surface area contributed by atoms with Gasteiger partial charge in [-0.1, -0.05) is 12.1 Å². The smallest absolute Gasteiger partial charge is 0.312 e. The minimum absolute atomic E-state index is 0.0247. The second-order valence-corrected chi connectivity index (χ2v) is 7.58. The van der Waals surface area contributed by atoms with Gasteiger partial charge >= 0.3 is 5.97 Å². The lowest BCUT2D eigenvalue weighted by Gasteiger charge is -2.13. The van der Waals surface area contributed by atoms with E-state index < -0.39 is 12.1 Å². The third kappa shape index (κ3) is 4.42. The van der Waals surface area contributed by atoms with Gasteiger partial charge in [0.2, 0.25) is 11.7 Å². The van der Waals surface area contributed by atoms with Crippen LogP contribution < -0.4 is 4.90 Å². The van der Waals surface area contributed by atoms with Gasteiger partial charge in [0.25, 0.3) is 0 Å². The van der Waals surface area contributed by atoms with Crippen molar-refractivity contribution < 1.29 is 19.1 Å². The Hall–Kier alpha value is -2.54. The fraction of sp³-hybridized carbons (Fsp3) is 0.400. The number of ketones is 1. The SMILES string of the molecule is Cc1ccc(C(=O)C(C)OC(=O)Cc2csc(N3CCCC3=O)n2)cc1C. The van der Waals surface area contributed by atoms with Crippen molar-refractivity contribution in [2.24, 2.45) is 0 Å². The molecule has 0 saturated carbocycles. The largest absolute Gasteiger partial charge is 0.454 e. The zero-order valence-corrected chi connectivity index (χ0v) is 16.5. The Labute approximate surface area is 162 Å². The van der Waals surface area contributed by atoms with Gasteiger partial charge in [0, 0.05) is 23.9 Å². The highest BCUT2D eigenvalue weighted by Gasteiger charge is 2.25. The number of benzene rings is 1. The molecule has 0 N–H and O–H groups in total. The number of aromatic nitrogens is 1. The van der Waals surface area contributed by atoms with Crippen molar-refractivity contribution in [2.45, 2.75) is 46.1 Å². The van der Waals surface area contributed by atoms with Crippen LogP contribution in [0.25, 0.3) is 0 Å². The molecule has 27 heavy (non-hydrogen) atoms. The molecular weight excluding hydrogens is 364 g/mol. The molecular formula is C20H22N2O4S. The van der Waals surface area contributed by atoms with Crippen LogP contribution >= 0.6 is 11.3 Å². The number of hydrogen-bond donors (Lipinski definition) is 0. The number of rotatable bonds is 6. The maximum Gasteiger partial charge on any atom is 0.312 e. The van der Waals surface area contributed by atoms with Crippen molar-refractivity contribution in [3.8, 4) is 0 Å². The minimum Gasteiger partial charge on any atom is -0.454 e. The molecule has 7 heteroatoms. The van der Waals surface area contributed by atoms with Crippen LogP contribution in [0.2, 0.25) is 0 Å². The van der Waals surface area contributed by atoms with E-state index in [-0.39, 0.29) is 18.1 Å². The van der Waals surface area contributed by atoms with Crippen molar-refractivity contribution in [3.05, 3.63) is 46.0 Å². The number of carbonyl (C=O) groups is 3. The van der Waals surface area contributed by atoms with Gasteiger partial charge < -0.3 is 4.74 Å². The topological polar surface area (TPSA) is 76.6 Å². The molecule has 0 aliphatic carbocycles. The lowest BCUT2D eigenvalue weighted by molar-refractivity contribution is -0.145. The monoisotopic (exact) mass is 386 g/mol. The number of amides is 1. The number of nitrogens with zero attached hydrogens (tertiary/aromatic N) is 2. The van der Waals surface area contributed by atoms with Crippen LogP contribution in [-0.4, -0.2) is 35.3 Å². The van der Waals surface area contributed by atoms with Crippen molar-refractivity contribution in [2.75, 3.05) is 11.4 Å². The molecule has 1 aliphatic rings. The zero-order chi connectivity index (χ0) is 19.6. The Balaban J connectivity index is 1.58. The first-order valence-corrected chi connectivity index (χ1v) is 9.79. The summed E-state index contributed by atoms with van der Waals surface area (Å²) < 4.78 is 5.29. The van der Waals surface area contributed by atoms with Crippen molar-refractivity contribution in [1.82, 2.24) is 4.98 Å². The Morgan fingerprint density at radius 3 is 2.74 bits per heavy atom. The van der Waals surface area contributed by atoms with E-state index in [4.69, 9.17) is 4.74 Å². The summed E-state index contributed by atoms with van der Waals surface area (Å²) in [7, 11) is 0. The third-order valence-corrected chi connectivity index (χ3v) is 5.55. The summed E-state index contributed by atoms with van der Waals surface area (Å²) in [6.45, 7) is 6.15. The molecule has 1 unspecified atom stereocenters. The molecule has 3 rings (SSSR count). The molecule has 0 radical (unpaired) electrons. The summed E-state index contributed by atoms with van der Waals surface area (Å²) in [6, 6.07) is 5.43. The minimum atomic E-state index is -0.863. The molecule has 1 atom stereocenters. The number of thiazole rings is 1. The quantitative estimate of drug-likeness (QED) is 0.563. The standard InChI is InChI=1S/C20H22N2O4S/c1-12-6-7-15(9-13(12)2)19(25)14(3)26-18(24)10-16-11-27-20(21-16)22-8-4-5-17(22)23/h6-7,9,11,14H,4-5,8,10H2,1-3H3. The van der Waals surface area contributed by atoms with Gasteiger partial charge in [-0.15, -0.1) is 11.3 Å². The van der Waals surface area contributed by atoms with E-state index >= 15 is 0 Å². The van der Waals surface area contributed by atoms with Gasteiger partial charge in [0.1, 0.15) is 0 Å². The maximum atomic E-state index is 12.5. The summed E-state index contributed by atoms with van der Waals surface area (Å²) >= 11 is 1.34. The van der Waals surface area contributed by atoms with E-state index in [2.05, 4.69) is 4.98 Å². The van der Waals surface area contributed by atoms with Gasteiger partial charge in [-0.2, -0.15) is 0 Å². The van der Waals surface area contributed by atoms with Crippen LogP contribution in [-0.2, 0) is 20.7 Å². The average Bonchev–Trinajstić information content (AvgIpc) is 3.25. The van der Waals surface area contributed by atoms with E-state index in [0.29, 0.717) is 29.4 Å². The summed E-state index contributed by atoms with van der Waals surface area (Å²) in [5, 5.41) is 2.36. The summed E-state index contributed by atoms with van der Waals surface area (Å²) in [5.41, 5.74) is 3.20. The number of aryl methyl sites for hydroxylation is 2. The van der Waals surface area contributed by atoms with Crippen molar-refractivity contribution in [3.63, 3.8) is 0 Å². The van der Waals surface area contributed by atoms with Gasteiger partial charge in [0.05, 0.1) is 12.1 Å². The molecule has 1 aromatic carbocycles. The van der Waals surface area contributed by atoms with Crippen LogP contribution in [0, 0.1) is 13.8 Å². The number of hydrogen-bond acceptors (Lipinski definition) is 6. The van der Waals surface area contributed by atoms with E-state index in [0.717, 1.165) is 17.5 Å². The fourth-order valence-electron chi connectivity index (χ4n) is 2.92. The molecule has 0 spiro atoms. The normalized spacial score (nSPS) is 15.1. The molecule has 2 aromatic rings. The summed E-state index contributed by atoms with van der Waals surface area (Å²) in [4.78, 5) is 42.4. The number of carbonyl (C=O) groups excluding carboxylic acids is 3. The lowest BCUT2D eigenvalue weighted by Crippen LogP contribution is -2.25. The number of esters is 1. The molecule has 0 bridgehead atoms. The van der Waals surface area contributed by atoms with Crippen LogP contribution in [0.3, 0.4) is 0 Å². The van der Waals surface area contributed by atoms with Crippen LogP contribution in [0.1, 0.15) is 46.9 Å². The molecule has 1 fully saturated rings. The highest BCUT2D eigenvalue weighted by Crippen LogP contribution is 2.25.